The summed E-state index contributed by atoms with van der Waals surface area (Å²) < 4.78 is 1.10. The van der Waals surface area contributed by atoms with E-state index in [4.69, 9.17) is 0 Å². The standard InChI is InChI=1S/C12H15BrN2/c1-9-5-6-10(13)8-11(9)15-12-4-2-3-7-14-12/h5-6,8H,2-4,7H2,1H3,(H,14,15). The van der Waals surface area contributed by atoms with E-state index >= 15 is 0 Å². The van der Waals surface area contributed by atoms with Gasteiger partial charge < -0.3 is 5.32 Å². The normalized spacial score (nSPS) is 16.0. The van der Waals surface area contributed by atoms with Crippen molar-refractivity contribution in [3.8, 4) is 0 Å². The molecule has 0 atom stereocenters. The van der Waals surface area contributed by atoms with Gasteiger partial charge in [0.1, 0.15) is 5.84 Å². The number of halogens is 1. The third-order valence-electron chi connectivity index (χ3n) is 2.60. The summed E-state index contributed by atoms with van der Waals surface area (Å²) in [6.07, 6.45) is 3.55. The van der Waals surface area contributed by atoms with Crippen LogP contribution >= 0.6 is 15.9 Å². The molecule has 0 radical (unpaired) electrons. The van der Waals surface area contributed by atoms with Crippen molar-refractivity contribution >= 4 is 27.5 Å². The average molecular weight is 267 g/mol. The first-order chi connectivity index (χ1) is 7.25. The van der Waals surface area contributed by atoms with Gasteiger partial charge in [-0.1, -0.05) is 22.0 Å². The van der Waals surface area contributed by atoms with Gasteiger partial charge in [-0.15, -0.1) is 0 Å². The summed E-state index contributed by atoms with van der Waals surface area (Å²) >= 11 is 3.48. The predicted molar refractivity (Wildman–Crippen MR) is 68.7 cm³/mol. The molecule has 0 aromatic heterocycles. The molecule has 1 N–H and O–H groups in total. The minimum Gasteiger partial charge on any atom is -0.344 e. The van der Waals surface area contributed by atoms with Gasteiger partial charge >= 0.3 is 0 Å². The Morgan fingerprint density at radius 2 is 2.20 bits per heavy atom. The van der Waals surface area contributed by atoms with Crippen molar-refractivity contribution in [3.63, 3.8) is 0 Å². The van der Waals surface area contributed by atoms with Crippen LogP contribution in [0.4, 0.5) is 5.69 Å². The molecule has 0 bridgehead atoms. The second-order valence-corrected chi connectivity index (χ2v) is 4.79. The molecule has 80 valence electrons. The number of aryl methyl sites for hydroxylation is 1. The molecule has 3 heteroatoms. The quantitative estimate of drug-likeness (QED) is 0.823. The molecule has 1 aromatic carbocycles. The van der Waals surface area contributed by atoms with Gasteiger partial charge in [-0.2, -0.15) is 0 Å². The van der Waals surface area contributed by atoms with E-state index in [-0.39, 0.29) is 0 Å². The van der Waals surface area contributed by atoms with Crippen LogP contribution in [-0.2, 0) is 0 Å². The van der Waals surface area contributed by atoms with Gasteiger partial charge in [0.25, 0.3) is 0 Å². The second kappa shape index (κ2) is 4.79. The maximum atomic E-state index is 4.49. The summed E-state index contributed by atoms with van der Waals surface area (Å²) in [7, 11) is 0. The Hall–Kier alpha value is -0.830. The Kier molecular flexibility index (Phi) is 3.41. The molecule has 0 spiro atoms. The summed E-state index contributed by atoms with van der Waals surface area (Å²) in [5.74, 6) is 1.13. The van der Waals surface area contributed by atoms with E-state index in [0.29, 0.717) is 0 Å². The highest BCUT2D eigenvalue weighted by Gasteiger charge is 2.06. The molecule has 1 heterocycles. The second-order valence-electron chi connectivity index (χ2n) is 3.87. The number of hydrogen-bond acceptors (Lipinski definition) is 2. The highest BCUT2D eigenvalue weighted by atomic mass is 79.9. The van der Waals surface area contributed by atoms with Crippen molar-refractivity contribution in [1.82, 2.24) is 0 Å². The maximum absolute atomic E-state index is 4.49. The molecule has 0 saturated heterocycles. The van der Waals surface area contributed by atoms with E-state index in [0.717, 1.165) is 29.0 Å². The van der Waals surface area contributed by atoms with Gasteiger partial charge in [0.2, 0.25) is 0 Å². The van der Waals surface area contributed by atoms with Gasteiger partial charge in [-0.25, -0.2) is 0 Å². The molecule has 0 aliphatic carbocycles. The zero-order valence-corrected chi connectivity index (χ0v) is 10.5. The summed E-state index contributed by atoms with van der Waals surface area (Å²) in [5, 5.41) is 3.41. The van der Waals surface area contributed by atoms with Crippen LogP contribution in [0.5, 0.6) is 0 Å². The van der Waals surface area contributed by atoms with Crippen LogP contribution in [-0.4, -0.2) is 12.4 Å². The van der Waals surface area contributed by atoms with E-state index in [9.17, 15) is 0 Å². The van der Waals surface area contributed by atoms with Crippen molar-refractivity contribution in [2.45, 2.75) is 26.2 Å². The monoisotopic (exact) mass is 266 g/mol. The molecular weight excluding hydrogens is 252 g/mol. The van der Waals surface area contributed by atoms with Crippen molar-refractivity contribution in [2.75, 3.05) is 11.9 Å². The first kappa shape index (κ1) is 10.7. The third-order valence-corrected chi connectivity index (χ3v) is 3.10. The zero-order valence-electron chi connectivity index (χ0n) is 8.89. The summed E-state index contributed by atoms with van der Waals surface area (Å²) in [4.78, 5) is 4.49. The Morgan fingerprint density at radius 3 is 2.93 bits per heavy atom. The Labute approximate surface area is 98.9 Å². The molecule has 2 nitrogen and oxygen atoms in total. The van der Waals surface area contributed by atoms with Crippen molar-refractivity contribution in [3.05, 3.63) is 28.2 Å². The van der Waals surface area contributed by atoms with Crippen LogP contribution < -0.4 is 5.32 Å². The Morgan fingerprint density at radius 1 is 1.33 bits per heavy atom. The lowest BCUT2D eigenvalue weighted by Gasteiger charge is -2.15. The van der Waals surface area contributed by atoms with Crippen LogP contribution in [0.2, 0.25) is 0 Å². The van der Waals surface area contributed by atoms with Crippen LogP contribution in [0.15, 0.2) is 27.7 Å². The number of rotatable bonds is 1. The predicted octanol–water partition coefficient (Wildman–Crippen LogP) is 3.75. The van der Waals surface area contributed by atoms with Gasteiger partial charge in [0.05, 0.1) is 0 Å². The SMILES string of the molecule is Cc1ccc(Br)cc1NC1=NCCCC1. The number of nitrogens with zero attached hydrogens (tertiary/aromatic N) is 1. The molecule has 1 aromatic rings. The largest absolute Gasteiger partial charge is 0.344 e. The fourth-order valence-corrected chi connectivity index (χ4v) is 2.04. The van der Waals surface area contributed by atoms with E-state index in [1.807, 2.05) is 0 Å². The zero-order chi connectivity index (χ0) is 10.7. The van der Waals surface area contributed by atoms with E-state index in [1.54, 1.807) is 0 Å². The number of anilines is 1. The van der Waals surface area contributed by atoms with Crippen LogP contribution in [0, 0.1) is 6.92 Å². The smallest absolute Gasteiger partial charge is 0.101 e. The number of benzene rings is 1. The molecular formula is C12H15BrN2. The maximum Gasteiger partial charge on any atom is 0.101 e. The molecule has 0 fully saturated rings. The van der Waals surface area contributed by atoms with Crippen molar-refractivity contribution in [1.29, 1.82) is 0 Å². The molecule has 0 amide bonds. The molecule has 0 unspecified atom stereocenters. The minimum atomic E-state index is 0.968. The Balaban J connectivity index is 2.15. The van der Waals surface area contributed by atoms with E-state index in [2.05, 4.69) is 51.4 Å². The fraction of sp³-hybridized carbons (Fsp3) is 0.417. The van der Waals surface area contributed by atoms with Crippen LogP contribution in [0.1, 0.15) is 24.8 Å². The Bertz CT molecular complexity index is 385. The van der Waals surface area contributed by atoms with Crippen molar-refractivity contribution in [2.24, 2.45) is 4.99 Å². The van der Waals surface area contributed by atoms with E-state index < -0.39 is 0 Å². The van der Waals surface area contributed by atoms with Crippen molar-refractivity contribution < 1.29 is 0 Å². The number of hydrogen-bond donors (Lipinski definition) is 1. The van der Waals surface area contributed by atoms with Gasteiger partial charge in [0.15, 0.2) is 0 Å². The summed E-state index contributed by atoms with van der Waals surface area (Å²) in [6.45, 7) is 3.08. The number of aliphatic imine (C=N–C) groups is 1. The number of amidine groups is 1. The average Bonchev–Trinajstić information content (AvgIpc) is 2.25. The molecule has 2 rings (SSSR count). The minimum absolute atomic E-state index is 0.968. The molecule has 0 saturated carbocycles. The highest BCUT2D eigenvalue weighted by molar-refractivity contribution is 9.10. The fourth-order valence-electron chi connectivity index (χ4n) is 1.68. The number of nitrogens with one attached hydrogen (secondary N) is 1. The topological polar surface area (TPSA) is 24.4 Å². The molecule has 1 aliphatic heterocycles. The summed E-state index contributed by atoms with van der Waals surface area (Å²) in [6, 6.07) is 6.27. The first-order valence-electron chi connectivity index (χ1n) is 5.32. The molecule has 1 aliphatic rings. The lowest BCUT2D eigenvalue weighted by Crippen LogP contribution is -2.16. The van der Waals surface area contributed by atoms with E-state index in [1.165, 1.54) is 18.4 Å². The van der Waals surface area contributed by atoms with Crippen LogP contribution in [0.25, 0.3) is 0 Å². The highest BCUT2D eigenvalue weighted by Crippen LogP contribution is 2.21. The van der Waals surface area contributed by atoms with Crippen LogP contribution in [0.3, 0.4) is 0 Å². The summed E-state index contributed by atoms with van der Waals surface area (Å²) in [5.41, 5.74) is 2.41. The van der Waals surface area contributed by atoms with Gasteiger partial charge in [-0.3, -0.25) is 4.99 Å². The van der Waals surface area contributed by atoms with Gasteiger partial charge in [0, 0.05) is 23.1 Å². The molecule has 15 heavy (non-hydrogen) atoms. The third kappa shape index (κ3) is 2.81. The lowest BCUT2D eigenvalue weighted by atomic mass is 10.1. The first-order valence-corrected chi connectivity index (χ1v) is 6.11. The lowest BCUT2D eigenvalue weighted by molar-refractivity contribution is 0.737. The van der Waals surface area contributed by atoms with Gasteiger partial charge in [-0.05, 0) is 37.5 Å².